The highest BCUT2D eigenvalue weighted by Crippen LogP contribution is 2.09. The quantitative estimate of drug-likeness (QED) is 0.484. The van der Waals surface area contributed by atoms with Crippen LogP contribution in [0.3, 0.4) is 0 Å². The van der Waals surface area contributed by atoms with Crippen LogP contribution in [0.25, 0.3) is 0 Å². The van der Waals surface area contributed by atoms with Gasteiger partial charge in [-0.15, -0.1) is 0 Å². The predicted molar refractivity (Wildman–Crippen MR) is 92.1 cm³/mol. The number of hydrogen-bond donors (Lipinski definition) is 0. The molecule has 0 saturated heterocycles. The van der Waals surface area contributed by atoms with Crippen LogP contribution < -0.4 is 0 Å². The highest BCUT2D eigenvalue weighted by molar-refractivity contribution is 4.60. The summed E-state index contributed by atoms with van der Waals surface area (Å²) in [5, 5.41) is 0. The van der Waals surface area contributed by atoms with E-state index in [9.17, 15) is 0 Å². The van der Waals surface area contributed by atoms with Crippen molar-refractivity contribution in [3.8, 4) is 0 Å². The van der Waals surface area contributed by atoms with Crippen molar-refractivity contribution in [2.75, 3.05) is 47.3 Å². The van der Waals surface area contributed by atoms with E-state index < -0.39 is 0 Å². The lowest BCUT2D eigenvalue weighted by Gasteiger charge is -2.27. The van der Waals surface area contributed by atoms with Gasteiger partial charge in [-0.1, -0.05) is 27.7 Å². The summed E-state index contributed by atoms with van der Waals surface area (Å²) < 4.78 is 1.09. The summed E-state index contributed by atoms with van der Waals surface area (Å²) in [6.45, 7) is 14.5. The maximum atomic E-state index is 2.71. The van der Waals surface area contributed by atoms with Crippen LogP contribution in [0.2, 0.25) is 0 Å². The van der Waals surface area contributed by atoms with Gasteiger partial charge in [0.05, 0.1) is 27.7 Å². The van der Waals surface area contributed by atoms with Crippen LogP contribution in [0.4, 0.5) is 0 Å². The van der Waals surface area contributed by atoms with Gasteiger partial charge in [0, 0.05) is 13.0 Å². The minimum absolute atomic E-state index is 0.846. The van der Waals surface area contributed by atoms with Crippen LogP contribution in [0.5, 0.6) is 0 Å². The van der Waals surface area contributed by atoms with Crippen molar-refractivity contribution in [3.63, 3.8) is 0 Å². The van der Waals surface area contributed by atoms with Gasteiger partial charge >= 0.3 is 0 Å². The number of rotatable bonds is 12. The molecule has 0 spiro atoms. The average Bonchev–Trinajstić information content (AvgIpc) is 2.25. The molecule has 0 heterocycles. The van der Waals surface area contributed by atoms with Gasteiger partial charge < -0.3 is 9.38 Å². The normalized spacial score (nSPS) is 12.9. The van der Waals surface area contributed by atoms with Crippen LogP contribution >= 0.6 is 0 Å². The van der Waals surface area contributed by atoms with Crippen molar-refractivity contribution in [3.05, 3.63) is 0 Å². The Morgan fingerprint density at radius 2 is 1.10 bits per heavy atom. The van der Waals surface area contributed by atoms with E-state index in [-0.39, 0.29) is 0 Å². The summed E-state index contributed by atoms with van der Waals surface area (Å²) in [6.07, 6.45) is 6.80. The second-order valence-electron chi connectivity index (χ2n) is 8.28. The molecule has 0 aromatic carbocycles. The number of nitrogens with zero attached hydrogens (tertiary/aromatic N) is 2. The fraction of sp³-hybridized carbons (Fsp3) is 1.00. The Balaban J connectivity index is 3.97. The highest BCUT2D eigenvalue weighted by atomic mass is 15.3. The predicted octanol–water partition coefficient (Wildman–Crippen LogP) is 4.26. The summed E-state index contributed by atoms with van der Waals surface area (Å²) in [4.78, 5) is 2.71. The first-order chi connectivity index (χ1) is 9.20. The van der Waals surface area contributed by atoms with Gasteiger partial charge in [0.1, 0.15) is 0 Å². The summed E-state index contributed by atoms with van der Waals surface area (Å²) in [7, 11) is 6.88. The lowest BCUT2D eigenvalue weighted by Crippen LogP contribution is -2.38. The molecule has 0 aliphatic heterocycles. The minimum Gasteiger partial charge on any atom is -0.331 e. The molecule has 0 radical (unpaired) electrons. The first-order valence-electron chi connectivity index (χ1n) is 8.73. The van der Waals surface area contributed by atoms with Crippen molar-refractivity contribution in [2.45, 2.75) is 59.8 Å². The van der Waals surface area contributed by atoms with Crippen molar-refractivity contribution in [2.24, 2.45) is 11.8 Å². The molecular formula is C18H41N2+. The van der Waals surface area contributed by atoms with Crippen LogP contribution in [0.15, 0.2) is 0 Å². The van der Waals surface area contributed by atoms with Gasteiger partial charge in [-0.25, -0.2) is 0 Å². The maximum Gasteiger partial charge on any atom is 0.0792 e. The number of quaternary nitrogens is 1. The molecule has 0 unspecified atom stereocenters. The summed E-state index contributed by atoms with van der Waals surface area (Å²) >= 11 is 0. The van der Waals surface area contributed by atoms with Crippen molar-refractivity contribution in [1.29, 1.82) is 0 Å². The Morgan fingerprint density at radius 3 is 1.45 bits per heavy atom. The summed E-state index contributed by atoms with van der Waals surface area (Å²) in [5.74, 6) is 1.69. The largest absolute Gasteiger partial charge is 0.331 e. The molecule has 0 fully saturated rings. The van der Waals surface area contributed by atoms with E-state index in [1.165, 1.54) is 58.3 Å². The molecule has 0 aliphatic carbocycles. The Labute approximate surface area is 129 Å². The highest BCUT2D eigenvalue weighted by Gasteiger charge is 2.10. The second kappa shape index (κ2) is 10.6. The third kappa shape index (κ3) is 14.3. The van der Waals surface area contributed by atoms with Crippen LogP contribution in [0, 0.1) is 11.8 Å². The van der Waals surface area contributed by atoms with E-state index >= 15 is 0 Å². The lowest BCUT2D eigenvalue weighted by molar-refractivity contribution is -0.870. The van der Waals surface area contributed by atoms with Gasteiger partial charge in [0.2, 0.25) is 0 Å². The molecule has 0 N–H and O–H groups in total. The summed E-state index contributed by atoms with van der Waals surface area (Å²) in [5.41, 5.74) is 0. The molecule has 0 aromatic rings. The minimum atomic E-state index is 0.846. The van der Waals surface area contributed by atoms with Gasteiger partial charge in [-0.05, 0) is 50.6 Å². The zero-order chi connectivity index (χ0) is 15.6. The van der Waals surface area contributed by atoms with E-state index in [1.54, 1.807) is 0 Å². The van der Waals surface area contributed by atoms with E-state index in [0.29, 0.717) is 0 Å². The SMILES string of the molecule is CC(C)CCCN(CCCC(C)C)CCC[N+](C)(C)C. The topological polar surface area (TPSA) is 3.24 Å². The van der Waals surface area contributed by atoms with Gasteiger partial charge in [0.15, 0.2) is 0 Å². The maximum absolute atomic E-state index is 2.71. The molecule has 122 valence electrons. The first kappa shape index (κ1) is 19.9. The Morgan fingerprint density at radius 1 is 0.700 bits per heavy atom. The smallest absolute Gasteiger partial charge is 0.0792 e. The van der Waals surface area contributed by atoms with Crippen molar-refractivity contribution >= 4 is 0 Å². The molecular weight excluding hydrogens is 244 g/mol. The second-order valence-corrected chi connectivity index (χ2v) is 8.28. The molecule has 0 aromatic heterocycles. The van der Waals surface area contributed by atoms with Gasteiger partial charge in [-0.2, -0.15) is 0 Å². The Kier molecular flexibility index (Phi) is 10.6. The van der Waals surface area contributed by atoms with E-state index in [4.69, 9.17) is 0 Å². The molecule has 0 aliphatic rings. The molecule has 0 saturated carbocycles. The van der Waals surface area contributed by atoms with E-state index in [1.807, 2.05) is 0 Å². The third-order valence-corrected chi connectivity index (χ3v) is 3.81. The van der Waals surface area contributed by atoms with Crippen molar-refractivity contribution < 1.29 is 4.48 Å². The standard InChI is InChI=1S/C18H41N2/c1-17(2)11-8-13-19(14-9-12-18(3)4)15-10-16-20(5,6)7/h17-18H,8-16H2,1-7H3/q+1. The monoisotopic (exact) mass is 285 g/mol. The molecule has 2 heteroatoms. The fourth-order valence-electron chi connectivity index (χ4n) is 2.55. The van der Waals surface area contributed by atoms with Gasteiger partial charge in [0.25, 0.3) is 0 Å². The lowest BCUT2D eigenvalue weighted by atomic mass is 10.1. The molecule has 0 atom stereocenters. The Hall–Kier alpha value is -0.0800. The van der Waals surface area contributed by atoms with Crippen molar-refractivity contribution in [1.82, 2.24) is 4.90 Å². The molecule has 20 heavy (non-hydrogen) atoms. The number of hydrogen-bond acceptors (Lipinski definition) is 1. The fourth-order valence-corrected chi connectivity index (χ4v) is 2.55. The average molecular weight is 286 g/mol. The third-order valence-electron chi connectivity index (χ3n) is 3.81. The molecule has 0 bridgehead atoms. The van der Waals surface area contributed by atoms with E-state index in [2.05, 4.69) is 53.7 Å². The zero-order valence-electron chi connectivity index (χ0n) is 15.4. The zero-order valence-corrected chi connectivity index (χ0v) is 15.4. The molecule has 0 rings (SSSR count). The first-order valence-corrected chi connectivity index (χ1v) is 8.73. The van der Waals surface area contributed by atoms with Crippen LogP contribution in [-0.4, -0.2) is 56.7 Å². The Bertz CT molecular complexity index is 202. The van der Waals surface area contributed by atoms with Crippen LogP contribution in [-0.2, 0) is 0 Å². The van der Waals surface area contributed by atoms with Crippen LogP contribution in [0.1, 0.15) is 59.8 Å². The molecule has 0 amide bonds. The van der Waals surface area contributed by atoms with Gasteiger partial charge in [-0.3, -0.25) is 0 Å². The van der Waals surface area contributed by atoms with E-state index in [0.717, 1.165) is 16.3 Å². The summed E-state index contributed by atoms with van der Waals surface area (Å²) in [6, 6.07) is 0. The molecule has 2 nitrogen and oxygen atoms in total.